The predicted molar refractivity (Wildman–Crippen MR) is 114 cm³/mol. The van der Waals surface area contributed by atoms with Crippen molar-refractivity contribution in [1.29, 1.82) is 0 Å². The number of ether oxygens (including phenoxy) is 2. The topological polar surface area (TPSA) is 114 Å². The lowest BCUT2D eigenvalue weighted by Gasteiger charge is -2.22. The monoisotopic (exact) mass is 480 g/mol. The summed E-state index contributed by atoms with van der Waals surface area (Å²) in [6.07, 6.45) is -7.53. The van der Waals surface area contributed by atoms with Gasteiger partial charge in [0.1, 0.15) is 12.6 Å². The molecule has 0 bridgehead atoms. The summed E-state index contributed by atoms with van der Waals surface area (Å²) in [5.74, 6) is -3.04. The number of carboxylic acids is 1. The van der Waals surface area contributed by atoms with Crippen LogP contribution in [-0.2, 0) is 19.1 Å². The quantitative estimate of drug-likeness (QED) is 0.509. The molecular weight excluding hydrogens is 457 g/mol. The first-order chi connectivity index (χ1) is 16.1. The van der Waals surface area contributed by atoms with E-state index in [1.54, 1.807) is 5.32 Å². The summed E-state index contributed by atoms with van der Waals surface area (Å²) in [5, 5.41) is 12.6. The Morgan fingerprint density at radius 3 is 2.06 bits per heavy atom. The van der Waals surface area contributed by atoms with Crippen LogP contribution in [0.1, 0.15) is 23.5 Å². The molecule has 2 aromatic rings. The zero-order chi connectivity index (χ0) is 24.9. The molecule has 11 heteroatoms. The molecule has 2 atom stereocenters. The van der Waals surface area contributed by atoms with Gasteiger partial charge in [-0.1, -0.05) is 48.5 Å². The third-order valence-electron chi connectivity index (χ3n) is 5.39. The van der Waals surface area contributed by atoms with Gasteiger partial charge < -0.3 is 25.2 Å². The van der Waals surface area contributed by atoms with E-state index in [0.29, 0.717) is 0 Å². The first-order valence-corrected chi connectivity index (χ1v) is 10.3. The maximum absolute atomic E-state index is 13.4. The largest absolute Gasteiger partial charge is 0.480 e. The number of carbonyl (C=O) groups is 3. The van der Waals surface area contributed by atoms with Gasteiger partial charge in [0.05, 0.1) is 13.0 Å². The molecule has 0 radical (unpaired) electrons. The van der Waals surface area contributed by atoms with Gasteiger partial charge >= 0.3 is 18.2 Å². The van der Waals surface area contributed by atoms with Crippen molar-refractivity contribution in [2.24, 2.45) is 0 Å². The Hall–Kier alpha value is -3.60. The molecule has 1 aliphatic rings. The summed E-state index contributed by atoms with van der Waals surface area (Å²) in [5.41, 5.74) is 3.70. The van der Waals surface area contributed by atoms with Gasteiger partial charge in [0.25, 0.3) is 0 Å². The molecule has 2 amide bonds. The van der Waals surface area contributed by atoms with Crippen LogP contribution in [0.4, 0.5) is 18.0 Å². The zero-order valence-corrected chi connectivity index (χ0v) is 18.1. The van der Waals surface area contributed by atoms with E-state index >= 15 is 0 Å². The number of alkyl halides is 3. The Balaban J connectivity index is 1.64. The summed E-state index contributed by atoms with van der Waals surface area (Å²) in [6, 6.07) is 10.8. The van der Waals surface area contributed by atoms with Gasteiger partial charge in [-0.25, -0.2) is 9.59 Å². The molecule has 0 fully saturated rings. The van der Waals surface area contributed by atoms with E-state index in [4.69, 9.17) is 9.84 Å². The van der Waals surface area contributed by atoms with E-state index in [-0.39, 0.29) is 12.5 Å². The first-order valence-electron chi connectivity index (χ1n) is 10.3. The van der Waals surface area contributed by atoms with Gasteiger partial charge in [-0.15, -0.1) is 0 Å². The number of fused-ring (bicyclic) bond motifs is 3. The van der Waals surface area contributed by atoms with Gasteiger partial charge in [-0.05, 0) is 22.3 Å². The van der Waals surface area contributed by atoms with Gasteiger partial charge in [-0.3, -0.25) is 4.79 Å². The Morgan fingerprint density at radius 2 is 1.56 bits per heavy atom. The summed E-state index contributed by atoms with van der Waals surface area (Å²) in [4.78, 5) is 35.3. The molecule has 1 aliphatic carbocycles. The number of hydrogen-bond acceptors (Lipinski definition) is 5. The molecular formula is C23H23F3N2O6. The summed E-state index contributed by atoms with van der Waals surface area (Å²) >= 11 is 0. The molecule has 8 nitrogen and oxygen atoms in total. The number of amides is 2. The minimum atomic E-state index is -4.97. The van der Waals surface area contributed by atoms with E-state index in [2.05, 4.69) is 4.74 Å². The van der Waals surface area contributed by atoms with E-state index in [9.17, 15) is 27.6 Å². The minimum Gasteiger partial charge on any atom is -0.480 e. The summed E-state index contributed by atoms with van der Waals surface area (Å²) in [6.45, 7) is -0.636. The number of methoxy groups -OCH3 is 1. The summed E-state index contributed by atoms with van der Waals surface area (Å²) < 4.78 is 50.0. The van der Waals surface area contributed by atoms with Crippen LogP contribution in [0.5, 0.6) is 0 Å². The third kappa shape index (κ3) is 5.84. The molecule has 0 saturated heterocycles. The molecule has 0 saturated carbocycles. The Bertz CT molecular complexity index is 1010. The molecule has 2 aromatic carbocycles. The van der Waals surface area contributed by atoms with Crippen molar-refractivity contribution in [2.45, 2.75) is 30.6 Å². The van der Waals surface area contributed by atoms with Gasteiger partial charge in [0.15, 0.2) is 6.04 Å². The van der Waals surface area contributed by atoms with Crippen molar-refractivity contribution >= 4 is 18.0 Å². The lowest BCUT2D eigenvalue weighted by Crippen LogP contribution is -2.51. The van der Waals surface area contributed by atoms with Crippen LogP contribution in [0.2, 0.25) is 0 Å². The van der Waals surface area contributed by atoms with Crippen LogP contribution >= 0.6 is 0 Å². The highest BCUT2D eigenvalue weighted by molar-refractivity contribution is 5.84. The standard InChI is InChI=1S/C23H23F3N2O6/c1-33-12-18(21(30)31)27-20(29)10-19(23(24,25)26)28-22(32)34-11-17-15-8-4-2-6-13(15)14-7-3-5-9-16(14)17/h2-9,17-19H,10-12H2,1H3,(H,27,29)(H,28,32)(H,30,31). The number of nitrogens with one attached hydrogen (secondary N) is 2. The Morgan fingerprint density at radius 1 is 1.00 bits per heavy atom. The van der Waals surface area contributed by atoms with Crippen molar-refractivity contribution in [3.63, 3.8) is 0 Å². The highest BCUT2D eigenvalue weighted by Crippen LogP contribution is 2.44. The van der Waals surface area contributed by atoms with Crippen LogP contribution in [0.15, 0.2) is 48.5 Å². The number of hydrogen-bond donors (Lipinski definition) is 3. The number of carboxylic acid groups (broad SMARTS) is 1. The SMILES string of the molecule is COCC(NC(=O)CC(NC(=O)OCC1c2ccccc2-c2ccccc21)C(F)(F)F)C(=O)O. The maximum Gasteiger partial charge on any atom is 0.409 e. The second-order valence-corrected chi connectivity index (χ2v) is 7.68. The summed E-state index contributed by atoms with van der Waals surface area (Å²) in [7, 11) is 1.18. The lowest BCUT2D eigenvalue weighted by atomic mass is 9.98. The number of halogens is 3. The van der Waals surface area contributed by atoms with Crippen molar-refractivity contribution in [1.82, 2.24) is 10.6 Å². The van der Waals surface area contributed by atoms with Crippen molar-refractivity contribution in [3.8, 4) is 11.1 Å². The number of benzene rings is 2. The van der Waals surface area contributed by atoms with Crippen molar-refractivity contribution in [3.05, 3.63) is 59.7 Å². The van der Waals surface area contributed by atoms with E-state index < -0.39 is 49.3 Å². The Labute approximate surface area is 193 Å². The maximum atomic E-state index is 13.4. The second-order valence-electron chi connectivity index (χ2n) is 7.68. The van der Waals surface area contributed by atoms with Crippen LogP contribution in [-0.4, -0.2) is 61.7 Å². The molecule has 34 heavy (non-hydrogen) atoms. The number of carbonyl (C=O) groups excluding carboxylic acids is 2. The molecule has 0 aromatic heterocycles. The lowest BCUT2D eigenvalue weighted by molar-refractivity contribution is -0.161. The normalized spacial score (nSPS) is 14.5. The first kappa shape index (κ1) is 25.0. The fraction of sp³-hybridized carbons (Fsp3) is 0.348. The smallest absolute Gasteiger partial charge is 0.409 e. The van der Waals surface area contributed by atoms with Crippen molar-refractivity contribution in [2.75, 3.05) is 20.3 Å². The van der Waals surface area contributed by atoms with Gasteiger partial charge in [-0.2, -0.15) is 13.2 Å². The number of alkyl carbamates (subject to hydrolysis) is 1. The number of rotatable bonds is 9. The van der Waals surface area contributed by atoms with Crippen LogP contribution in [0.3, 0.4) is 0 Å². The number of aliphatic carboxylic acids is 1. The highest BCUT2D eigenvalue weighted by atomic mass is 19.4. The highest BCUT2D eigenvalue weighted by Gasteiger charge is 2.43. The molecule has 3 N–H and O–H groups in total. The van der Waals surface area contributed by atoms with Gasteiger partial charge in [0.2, 0.25) is 5.91 Å². The molecule has 0 aliphatic heterocycles. The average Bonchev–Trinajstić information content (AvgIpc) is 3.10. The van der Waals surface area contributed by atoms with Crippen LogP contribution in [0.25, 0.3) is 11.1 Å². The fourth-order valence-corrected chi connectivity index (χ4v) is 3.81. The molecule has 182 valence electrons. The van der Waals surface area contributed by atoms with Crippen LogP contribution < -0.4 is 10.6 Å². The molecule has 3 rings (SSSR count). The molecule has 2 unspecified atom stereocenters. The Kier molecular flexibility index (Phi) is 7.77. The predicted octanol–water partition coefficient (Wildman–Crippen LogP) is 3.06. The fourth-order valence-electron chi connectivity index (χ4n) is 3.81. The third-order valence-corrected chi connectivity index (χ3v) is 5.39. The second kappa shape index (κ2) is 10.6. The minimum absolute atomic E-state index is 0.203. The van der Waals surface area contributed by atoms with Gasteiger partial charge in [0, 0.05) is 13.0 Å². The molecule has 0 spiro atoms. The van der Waals surface area contributed by atoms with Crippen molar-refractivity contribution < 1.29 is 42.1 Å². The molecule has 0 heterocycles. The zero-order valence-electron chi connectivity index (χ0n) is 18.1. The van der Waals surface area contributed by atoms with E-state index in [0.717, 1.165) is 22.3 Å². The van der Waals surface area contributed by atoms with Crippen LogP contribution in [0, 0.1) is 0 Å². The van der Waals surface area contributed by atoms with E-state index in [1.165, 1.54) is 7.11 Å². The average molecular weight is 480 g/mol. The van der Waals surface area contributed by atoms with E-state index in [1.807, 2.05) is 53.8 Å².